The van der Waals surface area contributed by atoms with Crippen LogP contribution in [0.4, 0.5) is 4.79 Å². The summed E-state index contributed by atoms with van der Waals surface area (Å²) >= 11 is 1.85. The van der Waals surface area contributed by atoms with Gasteiger partial charge in [0, 0.05) is 49.8 Å². The van der Waals surface area contributed by atoms with Crippen LogP contribution < -0.4 is 108 Å². The molecular formula is C92H155N21O29S. The van der Waals surface area contributed by atoms with Crippen molar-refractivity contribution < 1.29 is 140 Å². The van der Waals surface area contributed by atoms with E-state index in [9.17, 15) is 117 Å². The smallest absolute Gasteiger partial charge is 0.315 e. The van der Waals surface area contributed by atoms with Gasteiger partial charge < -0.3 is 162 Å². The zero-order valence-electron chi connectivity index (χ0n) is 83.3. The number of carbonyl (C=O) groups excluding carboxylic acids is 17. The number of nitrogens with one attached hydrogen (secondary N) is 16. The van der Waals surface area contributed by atoms with Gasteiger partial charge in [0.25, 0.3) is 0 Å². The third kappa shape index (κ3) is 47.4. The fourth-order valence-corrected chi connectivity index (χ4v) is 17.0. The molecule has 0 aromatic heterocycles. The van der Waals surface area contributed by atoms with Crippen molar-refractivity contribution in [3.05, 3.63) is 29.8 Å². The molecule has 1 aromatic carbocycles. The Balaban J connectivity index is 1.29. The van der Waals surface area contributed by atoms with Crippen molar-refractivity contribution in [2.75, 3.05) is 105 Å². The second kappa shape index (κ2) is 67.3. The molecule has 0 saturated carbocycles. The van der Waals surface area contributed by atoms with Crippen LogP contribution in [0.3, 0.4) is 0 Å². The minimum absolute atomic E-state index is 0.0107. The number of aliphatic hydroxyl groups is 2. The van der Waals surface area contributed by atoms with E-state index in [0.29, 0.717) is 95.3 Å². The van der Waals surface area contributed by atoms with Crippen LogP contribution in [0.5, 0.6) is 5.75 Å². The number of phenolic OH excluding ortho intramolecular Hbond substituents is 1. The molecule has 2 unspecified atom stereocenters. The summed E-state index contributed by atoms with van der Waals surface area (Å²) in [6, 6.07) is -15.8. The summed E-state index contributed by atoms with van der Waals surface area (Å²) in [6.45, 7) is 15.7. The standard InChI is InChI=1S/C92H155N21O29S/c1-51(2)47-64(85(130)104-63(21-14-17-34-95)91(136)113-36-18-22-68(113)78(96)123)106-86(131)65(48-58-25-27-59(116)28-26-58)107-90(135)76(57(9)115)111-87(132)66(49-73(121)122)105-81(126)55(7)100-82(127)60(19-12-15-32-93)101-80(125)54(6)98-79(124)53(5)99-83(128)61(20-13-16-33-94)102-88(133)74(52(3)4)110-84(129)62(29-30-72(119)120)103-89(134)75(56(8)114)109-71(118)31-37-138-39-41-140-43-45-142-46-44-141-42-40-139-38-35-97-70(117)24-11-10-23-69-77-67(50-143-69)108-92(137)112-77/h25-28,51-57,60-69,74-77,114-116H,10-24,29-50,93-95H2,1-9H3,(H2,96,123)(H,97,117)(H,98,124)(H,99,128)(H,100,127)(H,101,125)(H,102,133)(H,103,134)(H,104,130)(H,105,126)(H,106,131)(H,107,135)(H,109,118)(H,110,129)(H,111,132)(H,119,120)(H,121,122)(H2,108,112,137)/t53-,54+,55+,56+,57-,60-,61+,62+,63-,64+,65-,66-,67+,68+,69-,74-,75?,76?,77+/m0/s1. The number of nitrogens with zero attached hydrogens (tertiary/aromatic N) is 1. The molecule has 18 amide bonds. The Labute approximate surface area is 836 Å². The number of carboxylic acids is 2. The highest BCUT2D eigenvalue weighted by molar-refractivity contribution is 8.00. The number of ether oxygens (including phenoxy) is 5. The number of aliphatic hydroxyl groups excluding tert-OH is 2. The second-order valence-electron chi connectivity index (χ2n) is 36.4. The molecule has 4 rings (SSSR count). The molecule has 3 aliphatic heterocycles. The van der Waals surface area contributed by atoms with E-state index in [2.05, 4.69) is 85.1 Å². The number of benzene rings is 1. The van der Waals surface area contributed by atoms with Gasteiger partial charge in [0.15, 0.2) is 0 Å². The lowest BCUT2D eigenvalue weighted by Crippen LogP contribution is -2.62. The largest absolute Gasteiger partial charge is 0.508 e. The number of rotatable bonds is 74. The molecule has 1 aromatic rings. The first-order valence-electron chi connectivity index (χ1n) is 49.0. The molecule has 0 aliphatic carbocycles. The van der Waals surface area contributed by atoms with Gasteiger partial charge in [-0.15, -0.1) is 0 Å². The van der Waals surface area contributed by atoms with Gasteiger partial charge in [-0.25, -0.2) is 4.79 Å². The number of primary amides is 1. The fourth-order valence-electron chi connectivity index (χ4n) is 15.5. The summed E-state index contributed by atoms with van der Waals surface area (Å²) in [5.74, 6) is -17.9. The van der Waals surface area contributed by atoms with E-state index in [4.69, 9.17) is 46.6 Å². The number of aliphatic carboxylic acids is 2. The highest BCUT2D eigenvalue weighted by Gasteiger charge is 2.45. The molecular weight excluding hydrogens is 1900 g/mol. The van der Waals surface area contributed by atoms with Gasteiger partial charge >= 0.3 is 18.0 Å². The zero-order chi connectivity index (χ0) is 106. The molecule has 50 nitrogen and oxygen atoms in total. The van der Waals surface area contributed by atoms with Gasteiger partial charge in [0.2, 0.25) is 94.5 Å². The van der Waals surface area contributed by atoms with Crippen molar-refractivity contribution in [3.63, 3.8) is 0 Å². The number of hydrogen-bond donors (Lipinski definition) is 25. The first-order chi connectivity index (χ1) is 67.9. The number of carbonyl (C=O) groups is 19. The summed E-state index contributed by atoms with van der Waals surface area (Å²) in [6.07, 6.45) is -0.670. The Hall–Kier alpha value is -11.3. The van der Waals surface area contributed by atoms with Gasteiger partial charge in [0.05, 0.1) is 96.8 Å². The van der Waals surface area contributed by atoms with Gasteiger partial charge in [-0.1, -0.05) is 46.2 Å². The van der Waals surface area contributed by atoms with E-state index in [-0.39, 0.29) is 146 Å². The Morgan fingerprint density at radius 3 is 1.37 bits per heavy atom. The van der Waals surface area contributed by atoms with E-state index >= 15 is 0 Å². The number of aromatic hydroxyl groups is 1. The molecule has 0 bridgehead atoms. The highest BCUT2D eigenvalue weighted by atomic mass is 32.2. The number of likely N-dealkylation sites (tertiary alicyclic amines) is 1. The number of thioether (sulfide) groups is 1. The van der Waals surface area contributed by atoms with E-state index in [1.807, 2.05) is 11.8 Å². The number of carboxylic acid groups (broad SMARTS) is 2. The van der Waals surface area contributed by atoms with E-state index < -0.39 is 223 Å². The van der Waals surface area contributed by atoms with Crippen molar-refractivity contribution >= 4 is 124 Å². The quantitative estimate of drug-likeness (QED) is 0.0213. The van der Waals surface area contributed by atoms with Crippen LogP contribution in [0.2, 0.25) is 0 Å². The van der Waals surface area contributed by atoms with Crippen molar-refractivity contribution in [2.24, 2.45) is 34.8 Å². The number of fused-ring (bicyclic) bond motifs is 1. The monoisotopic (exact) mass is 2050 g/mol. The summed E-state index contributed by atoms with van der Waals surface area (Å²) in [5.41, 5.74) is 23.2. The summed E-state index contributed by atoms with van der Waals surface area (Å²) in [7, 11) is 0. The van der Waals surface area contributed by atoms with E-state index in [1.165, 1.54) is 63.8 Å². The van der Waals surface area contributed by atoms with Crippen LogP contribution in [0, 0.1) is 11.8 Å². The van der Waals surface area contributed by atoms with Crippen LogP contribution >= 0.6 is 11.8 Å². The molecule has 0 spiro atoms. The first kappa shape index (κ1) is 124. The molecule has 3 aliphatic rings. The number of amides is 18. The van der Waals surface area contributed by atoms with Crippen LogP contribution in [-0.4, -0.2) is 362 Å². The fraction of sp³-hybridized carbons (Fsp3) is 0.728. The predicted octanol–water partition coefficient (Wildman–Crippen LogP) is -5.72. The maximum Gasteiger partial charge on any atom is 0.315 e. The lowest BCUT2D eigenvalue weighted by Gasteiger charge is -2.30. The van der Waals surface area contributed by atoms with Crippen molar-refractivity contribution in [1.82, 2.24) is 90.0 Å². The van der Waals surface area contributed by atoms with Gasteiger partial charge in [-0.3, -0.25) is 86.3 Å². The minimum Gasteiger partial charge on any atom is -0.508 e. The van der Waals surface area contributed by atoms with E-state index in [0.717, 1.165) is 38.9 Å². The summed E-state index contributed by atoms with van der Waals surface area (Å²) in [5, 5.41) is 92.5. The number of hydrogen-bond acceptors (Lipinski definition) is 31. The Morgan fingerprint density at radius 2 is 0.867 bits per heavy atom. The molecule has 143 heavy (non-hydrogen) atoms. The lowest BCUT2D eigenvalue weighted by molar-refractivity contribution is -0.142. The van der Waals surface area contributed by atoms with Crippen LogP contribution in [0.25, 0.3) is 0 Å². The predicted molar refractivity (Wildman–Crippen MR) is 519 cm³/mol. The molecule has 3 saturated heterocycles. The van der Waals surface area contributed by atoms with Gasteiger partial charge in [-0.2, -0.15) is 11.8 Å². The number of urea groups is 1. The highest BCUT2D eigenvalue weighted by Crippen LogP contribution is 2.33. The molecule has 51 heteroatoms. The third-order valence-electron chi connectivity index (χ3n) is 23.5. The molecule has 19 atom stereocenters. The van der Waals surface area contributed by atoms with Crippen LogP contribution in [-0.2, 0) is 116 Å². The minimum atomic E-state index is -2.04. The summed E-state index contributed by atoms with van der Waals surface area (Å²) < 4.78 is 27.6. The molecule has 29 N–H and O–H groups in total. The third-order valence-corrected chi connectivity index (χ3v) is 25.0. The average molecular weight is 2050 g/mol. The topological polar surface area (TPSA) is 771 Å². The maximum absolute atomic E-state index is 14.6. The average Bonchev–Trinajstić information content (AvgIpc) is 1.71. The summed E-state index contributed by atoms with van der Waals surface area (Å²) in [4.78, 5) is 258. The molecule has 808 valence electrons. The zero-order valence-corrected chi connectivity index (χ0v) is 84.1. The molecule has 3 fully saturated rings. The van der Waals surface area contributed by atoms with Crippen LogP contribution in [0.15, 0.2) is 24.3 Å². The van der Waals surface area contributed by atoms with Crippen molar-refractivity contribution in [1.29, 1.82) is 0 Å². The van der Waals surface area contributed by atoms with Gasteiger partial charge in [-0.05, 0) is 180 Å². The molecule has 0 radical (unpaired) electrons. The maximum atomic E-state index is 14.6. The normalized spacial score (nSPS) is 18.0. The SMILES string of the molecule is CC(C)C[C@@H](NC(=O)[C@H](Cc1ccc(O)cc1)NC(=O)C(NC(=O)[C@H](CC(=O)O)NC(=O)[C@@H](C)NC(=O)[C@H](CCCCN)NC(=O)[C@@H](C)NC(=O)[C@H](C)NC(=O)[C@@H](CCCCN)NC(=O)[C@@H](NC(=O)[C@@H](CCC(=O)O)NC(=O)C(NC(=O)CCOCCOCCOCCOCCOCCNC(=O)CCCC[C@@H]1SC[C@H]2NC(=O)N[C@@H]12)[C@@H](C)O)C(C)C)[C@H](C)O)C(=O)N[C@@H](CCCCN)C(=O)N1CCC[C@@H]1C(N)=O. The van der Waals surface area contributed by atoms with Crippen LogP contribution in [0.1, 0.15) is 196 Å². The number of nitrogens with two attached hydrogens (primary N) is 4. The number of phenols is 1. The van der Waals surface area contributed by atoms with Crippen molar-refractivity contribution in [2.45, 2.75) is 311 Å². The Kier molecular flexibility index (Phi) is 58.4. The Bertz CT molecular complexity index is 4260. The second-order valence-corrected chi connectivity index (χ2v) is 37.6. The number of unbranched alkanes of at least 4 members (excludes halogenated alkanes) is 4. The van der Waals surface area contributed by atoms with Crippen molar-refractivity contribution in [3.8, 4) is 5.75 Å². The van der Waals surface area contributed by atoms with E-state index in [1.54, 1.807) is 13.8 Å². The van der Waals surface area contributed by atoms with Gasteiger partial charge in [0.1, 0.15) is 90.3 Å². The lowest BCUT2D eigenvalue weighted by atomic mass is 9.99. The molecule has 3 heterocycles. The first-order valence-corrected chi connectivity index (χ1v) is 50.0. The Morgan fingerprint density at radius 1 is 0.441 bits per heavy atom.